The molecule has 9 aromatic heterocycles. The minimum absolute atomic E-state index is 0.0528. The summed E-state index contributed by atoms with van der Waals surface area (Å²) in [6.45, 7) is 15.3. The Balaban J connectivity index is 0.000000141. The highest BCUT2D eigenvalue weighted by molar-refractivity contribution is 7.90. The fourth-order valence-corrected chi connectivity index (χ4v) is 24.4. The standard InChI is InChI=1S/3C35H38F3N7O4S/c3*1-33(2)21-24-22-44(33)31-26(11-12-28(41-31)45-19-14-29(42-45)49-20-17-34(15-16-34)35(36,37)38)32(46)43-50(47,48)30-10-6-9-27(40-30)39-18-13-25(24)23-7-4-3-5-8-23/h3*3-12,14,19,24-25H,13,15-18,20-22H2,1-2H3,(H,39,40)(H,43,46). The smallest absolute Gasteiger partial charge is 0.394 e. The average molecular weight is 2130 g/mol. The van der Waals surface area contributed by atoms with Crippen LogP contribution in [0.2, 0.25) is 0 Å². The highest BCUT2D eigenvalue weighted by Gasteiger charge is 2.65. The van der Waals surface area contributed by atoms with Crippen molar-refractivity contribution in [3.05, 3.63) is 252 Å². The minimum atomic E-state index is -4.35. The predicted octanol–water partition coefficient (Wildman–Crippen LogP) is 18.3. The Morgan fingerprint density at radius 3 is 0.840 bits per heavy atom. The molecule has 3 aliphatic carbocycles. The first kappa shape index (κ1) is 105. The first-order valence-electron chi connectivity index (χ1n) is 49.9. The molecule has 6 aliphatic heterocycles. The van der Waals surface area contributed by atoms with Crippen LogP contribution in [0, 0.1) is 34.0 Å². The summed E-state index contributed by atoms with van der Waals surface area (Å²) in [4.78, 5) is 75.1. The van der Waals surface area contributed by atoms with Gasteiger partial charge in [-0.15, -0.1) is 15.3 Å². The van der Waals surface area contributed by atoms with Crippen LogP contribution < -0.4 is 59.0 Å². The maximum atomic E-state index is 13.8. The van der Waals surface area contributed by atoms with Gasteiger partial charge in [-0.3, -0.25) is 14.4 Å². The van der Waals surface area contributed by atoms with Crippen LogP contribution in [0.25, 0.3) is 17.5 Å². The zero-order chi connectivity index (χ0) is 106. The number of fused-ring (bicyclic) bond motifs is 18. The summed E-state index contributed by atoms with van der Waals surface area (Å²) in [5.74, 6) is 1.62. The number of nitrogens with zero attached hydrogens (tertiary/aromatic N) is 15. The molecule has 792 valence electrons. The maximum Gasteiger partial charge on any atom is 0.394 e. The first-order valence-corrected chi connectivity index (χ1v) is 54.3. The van der Waals surface area contributed by atoms with Gasteiger partial charge in [-0.05, 0) is 263 Å². The highest BCUT2D eigenvalue weighted by atomic mass is 32.2. The van der Waals surface area contributed by atoms with Gasteiger partial charge < -0.3 is 44.9 Å². The Morgan fingerprint density at radius 2 is 0.593 bits per heavy atom. The van der Waals surface area contributed by atoms with Crippen LogP contribution in [0.1, 0.15) is 203 Å². The van der Waals surface area contributed by atoms with Crippen LogP contribution in [-0.2, 0) is 30.1 Å². The molecule has 6 atom stereocenters. The molecule has 0 spiro atoms. The van der Waals surface area contributed by atoms with Crippen LogP contribution in [0.15, 0.2) is 234 Å². The number of aromatic nitrogens is 12. The number of carbonyl (C=O) groups is 3. The molecular formula is C105H114F9N21O12S3. The molecule has 3 saturated carbocycles. The summed E-state index contributed by atoms with van der Waals surface area (Å²) in [7, 11) is -13.1. The minimum Gasteiger partial charge on any atom is -0.477 e. The Bertz CT molecular complexity index is 6680. The van der Waals surface area contributed by atoms with Gasteiger partial charge >= 0.3 is 18.5 Å². The molecule has 0 radical (unpaired) electrons. The molecule has 3 aromatic carbocycles. The summed E-state index contributed by atoms with van der Waals surface area (Å²) in [6.07, 6.45) is -3.37. The van der Waals surface area contributed by atoms with Crippen LogP contribution in [0.3, 0.4) is 0 Å². The summed E-state index contributed by atoms with van der Waals surface area (Å²) in [5.41, 5.74) is -2.79. The number of anilines is 6. The molecule has 6 N–H and O–H groups in total. The van der Waals surface area contributed by atoms with Crippen LogP contribution in [-0.4, -0.2) is 196 Å². The fourth-order valence-electron chi connectivity index (χ4n) is 21.6. The molecular weight excluding hydrogens is 2010 g/mol. The second-order valence-corrected chi connectivity index (χ2v) is 46.7. The summed E-state index contributed by atoms with van der Waals surface area (Å²) in [5, 5.41) is 22.1. The zero-order valence-electron chi connectivity index (χ0n) is 83.0. The lowest BCUT2D eigenvalue weighted by molar-refractivity contribution is -0.190. The van der Waals surface area contributed by atoms with Crippen molar-refractivity contribution in [3.63, 3.8) is 0 Å². The van der Waals surface area contributed by atoms with Crippen molar-refractivity contribution >= 4 is 82.7 Å². The predicted molar refractivity (Wildman–Crippen MR) is 540 cm³/mol. The number of rotatable bonds is 18. The van der Waals surface area contributed by atoms with E-state index in [0.29, 0.717) is 74.2 Å². The van der Waals surface area contributed by atoms with Crippen molar-refractivity contribution in [2.45, 2.75) is 206 Å². The topological polar surface area (TPSA) is 394 Å². The largest absolute Gasteiger partial charge is 0.477 e. The number of ether oxygens (including phenoxy) is 3. The monoisotopic (exact) mass is 2130 g/mol. The Labute approximate surface area is 861 Å². The SMILES string of the molecule is CC1(C)CC2CN1c1nc(-n3ccc(OCCC4(C(F)(F)F)CC4)n3)ccc1C(=O)NS(=O)(=O)c1cccc(n1)NCCC2c1ccccc1.CC1(C)CC2CN1c1nc(-n3ccc(OCCC4(C(F)(F)F)CC4)n3)ccc1C(=O)NS(=O)(=O)c1cccc(n1)NCCC2c1ccccc1.CC1(C)CC2CN1c1nc(-n3ccc(OCCC4(C(F)(F)F)CC4)n3)ccc1C(=O)NS(=O)(=O)c1cccc(n1)NCCC2c1ccccc1. The molecule has 150 heavy (non-hydrogen) atoms. The summed E-state index contributed by atoms with van der Waals surface area (Å²) >= 11 is 0. The molecule has 3 saturated heterocycles. The normalized spacial score (nSPS) is 22.3. The van der Waals surface area contributed by atoms with Gasteiger partial charge in [0.1, 0.15) is 34.9 Å². The van der Waals surface area contributed by atoms with E-state index in [1.807, 2.05) is 54.6 Å². The lowest BCUT2D eigenvalue weighted by Gasteiger charge is -2.34. The average Bonchev–Trinajstić information content (AvgIpc) is 1.61. The van der Waals surface area contributed by atoms with E-state index in [4.69, 9.17) is 29.2 Å². The lowest BCUT2D eigenvalue weighted by atomic mass is 9.80. The van der Waals surface area contributed by atoms with E-state index >= 15 is 0 Å². The second kappa shape index (κ2) is 40.7. The van der Waals surface area contributed by atoms with E-state index in [0.717, 1.165) is 38.5 Å². The number of hydrogen-bond donors (Lipinski definition) is 6. The van der Waals surface area contributed by atoms with Crippen molar-refractivity contribution in [2.75, 3.05) is 89.7 Å². The van der Waals surface area contributed by atoms with Crippen molar-refractivity contribution in [2.24, 2.45) is 34.0 Å². The van der Waals surface area contributed by atoms with Gasteiger partial charge in [0.25, 0.3) is 47.8 Å². The van der Waals surface area contributed by atoms with Crippen LogP contribution >= 0.6 is 0 Å². The van der Waals surface area contributed by atoms with Gasteiger partial charge in [-0.1, -0.05) is 109 Å². The van der Waals surface area contributed by atoms with E-state index in [1.54, 1.807) is 73.2 Å². The molecule has 45 heteroatoms. The molecule has 6 unspecified atom stereocenters. The van der Waals surface area contributed by atoms with Gasteiger partial charge in [-0.2, -0.15) is 64.8 Å². The third-order valence-corrected chi connectivity index (χ3v) is 34.1. The Kier molecular flexibility index (Phi) is 28.4. The first-order chi connectivity index (χ1) is 71.2. The zero-order valence-corrected chi connectivity index (χ0v) is 85.4. The van der Waals surface area contributed by atoms with Crippen molar-refractivity contribution < 1.29 is 93.4 Å². The number of carbonyl (C=O) groups excluding carboxylic acids is 3. The molecule has 6 fully saturated rings. The summed E-state index contributed by atoms with van der Waals surface area (Å²) < 4.78 is 228. The Hall–Kier alpha value is -14.0. The van der Waals surface area contributed by atoms with Crippen LogP contribution in [0.4, 0.5) is 74.4 Å². The third kappa shape index (κ3) is 22.4. The van der Waals surface area contributed by atoms with E-state index in [2.05, 4.69) is 153 Å². The number of benzene rings is 3. The molecule has 15 heterocycles. The molecule has 9 aliphatic rings. The van der Waals surface area contributed by atoms with Gasteiger partial charge in [0.2, 0.25) is 17.6 Å². The fraction of sp³-hybridized carbons (Fsp3) is 0.429. The maximum absolute atomic E-state index is 13.8. The summed E-state index contributed by atoms with van der Waals surface area (Å²) in [6, 6.07) is 58.2. The Morgan fingerprint density at radius 1 is 0.333 bits per heavy atom. The van der Waals surface area contributed by atoms with E-state index in [9.17, 15) is 79.2 Å². The number of hydrogen-bond acceptors (Lipinski definition) is 27. The third-order valence-electron chi connectivity index (χ3n) is 30.4. The van der Waals surface area contributed by atoms with Crippen LogP contribution in [0.5, 0.6) is 17.6 Å². The molecule has 12 bridgehead atoms. The molecule has 33 nitrogen and oxygen atoms in total. The van der Waals surface area contributed by atoms with Crippen molar-refractivity contribution in [1.82, 2.24) is 73.4 Å². The number of amides is 3. The van der Waals surface area contributed by atoms with Gasteiger partial charge in [0, 0.05) is 92.7 Å². The number of sulfonamides is 3. The van der Waals surface area contributed by atoms with E-state index in [-0.39, 0.29) is 180 Å². The number of halogens is 9. The van der Waals surface area contributed by atoms with Gasteiger partial charge in [0.05, 0.1) is 52.8 Å². The highest BCUT2D eigenvalue weighted by Crippen LogP contribution is 2.62. The van der Waals surface area contributed by atoms with Crippen molar-refractivity contribution in [1.29, 1.82) is 0 Å². The van der Waals surface area contributed by atoms with Crippen molar-refractivity contribution in [3.8, 4) is 35.1 Å². The van der Waals surface area contributed by atoms with E-state index in [1.165, 1.54) is 85.3 Å². The number of alkyl halides is 9. The van der Waals surface area contributed by atoms with E-state index < -0.39 is 99.2 Å². The van der Waals surface area contributed by atoms with Gasteiger partial charge in [0.15, 0.2) is 32.5 Å². The molecule has 21 rings (SSSR count). The number of nitrogens with one attached hydrogen (secondary N) is 6. The molecule has 12 aromatic rings. The molecule has 3 amide bonds. The lowest BCUT2D eigenvalue weighted by Crippen LogP contribution is -2.41. The quantitative estimate of drug-likeness (QED) is 0.0435. The van der Waals surface area contributed by atoms with Gasteiger partial charge in [-0.25, -0.2) is 58.1 Å². The second-order valence-electron chi connectivity index (χ2n) is 41.8. The number of pyridine rings is 6.